The maximum Gasteiger partial charge on any atom is 0.184 e. The Hall–Kier alpha value is -1.73. The first-order chi connectivity index (χ1) is 9.15. The minimum absolute atomic E-state index is 0.255. The molecule has 0 amide bonds. The summed E-state index contributed by atoms with van der Waals surface area (Å²) in [6, 6.07) is 8.18. The lowest BCUT2D eigenvalue weighted by molar-refractivity contribution is 0.238. The second kappa shape index (κ2) is 7.65. The monoisotopic (exact) mass is 262 g/mol. The largest absolute Gasteiger partial charge is 0.493 e. The minimum atomic E-state index is -0.439. The predicted molar refractivity (Wildman–Crippen MR) is 75.4 cm³/mol. The Balaban J connectivity index is 2.93. The van der Waals surface area contributed by atoms with Crippen molar-refractivity contribution in [2.45, 2.75) is 39.3 Å². The van der Waals surface area contributed by atoms with Crippen LogP contribution in [0.5, 0.6) is 11.5 Å². The number of nitriles is 1. The van der Waals surface area contributed by atoms with E-state index in [1.165, 1.54) is 0 Å². The number of benzene rings is 1. The second-order valence-corrected chi connectivity index (χ2v) is 4.33. The van der Waals surface area contributed by atoms with E-state index in [2.05, 4.69) is 25.2 Å². The predicted octanol–water partition coefficient (Wildman–Crippen LogP) is 3.05. The SMILES string of the molecule is CCNC(C)c1ccc(OC(C#N)CC)c(OC)c1. The van der Waals surface area contributed by atoms with E-state index in [0.717, 1.165) is 12.1 Å². The highest BCUT2D eigenvalue weighted by Gasteiger charge is 2.13. The van der Waals surface area contributed by atoms with E-state index in [9.17, 15) is 0 Å². The third-order valence-corrected chi connectivity index (χ3v) is 2.98. The summed E-state index contributed by atoms with van der Waals surface area (Å²) in [5.74, 6) is 1.28. The Kier molecular flexibility index (Phi) is 6.17. The smallest absolute Gasteiger partial charge is 0.184 e. The van der Waals surface area contributed by atoms with Crippen LogP contribution < -0.4 is 14.8 Å². The molecule has 1 N–H and O–H groups in total. The van der Waals surface area contributed by atoms with Crippen LogP contribution in [0.2, 0.25) is 0 Å². The Morgan fingerprint density at radius 2 is 2.05 bits per heavy atom. The summed E-state index contributed by atoms with van der Waals surface area (Å²) in [7, 11) is 1.61. The molecule has 0 radical (unpaired) electrons. The number of nitrogens with zero attached hydrogens (tertiary/aromatic N) is 1. The summed E-state index contributed by atoms with van der Waals surface area (Å²) in [5.41, 5.74) is 1.14. The van der Waals surface area contributed by atoms with Gasteiger partial charge < -0.3 is 14.8 Å². The Bertz CT molecular complexity index is 440. The molecule has 1 aromatic carbocycles. The van der Waals surface area contributed by atoms with Crippen molar-refractivity contribution in [3.05, 3.63) is 23.8 Å². The normalized spacial score (nSPS) is 13.4. The van der Waals surface area contributed by atoms with Crippen LogP contribution in [0, 0.1) is 11.3 Å². The van der Waals surface area contributed by atoms with Crippen molar-refractivity contribution in [1.82, 2.24) is 5.32 Å². The Morgan fingerprint density at radius 1 is 1.32 bits per heavy atom. The van der Waals surface area contributed by atoms with Gasteiger partial charge in [0.2, 0.25) is 0 Å². The Morgan fingerprint density at radius 3 is 2.58 bits per heavy atom. The number of nitrogens with one attached hydrogen (secondary N) is 1. The quantitative estimate of drug-likeness (QED) is 0.820. The molecule has 4 nitrogen and oxygen atoms in total. The van der Waals surface area contributed by atoms with Gasteiger partial charge in [0.05, 0.1) is 7.11 Å². The highest BCUT2D eigenvalue weighted by atomic mass is 16.5. The van der Waals surface area contributed by atoms with Gasteiger partial charge in [-0.2, -0.15) is 5.26 Å². The molecule has 4 heteroatoms. The highest BCUT2D eigenvalue weighted by Crippen LogP contribution is 2.31. The molecule has 0 fully saturated rings. The standard InChI is InChI=1S/C15H22N2O2/c1-5-13(10-16)19-14-8-7-12(9-15(14)18-4)11(3)17-6-2/h7-9,11,13,17H,5-6H2,1-4H3. The topological polar surface area (TPSA) is 54.3 Å². The zero-order valence-electron chi connectivity index (χ0n) is 12.1. The molecule has 104 valence electrons. The van der Waals surface area contributed by atoms with Crippen LogP contribution in [0.3, 0.4) is 0 Å². The summed E-state index contributed by atoms with van der Waals surface area (Å²) >= 11 is 0. The van der Waals surface area contributed by atoms with Crippen molar-refractivity contribution < 1.29 is 9.47 Å². The number of rotatable bonds is 7. The van der Waals surface area contributed by atoms with Crippen LogP contribution in [0.25, 0.3) is 0 Å². The van der Waals surface area contributed by atoms with Crippen molar-refractivity contribution in [2.75, 3.05) is 13.7 Å². The molecule has 0 aromatic heterocycles. The molecular formula is C15H22N2O2. The van der Waals surface area contributed by atoms with Crippen molar-refractivity contribution in [1.29, 1.82) is 5.26 Å². The fourth-order valence-electron chi connectivity index (χ4n) is 1.83. The zero-order chi connectivity index (χ0) is 14.3. The first-order valence-corrected chi connectivity index (χ1v) is 6.63. The van der Waals surface area contributed by atoms with Crippen LogP contribution in [-0.2, 0) is 0 Å². The third-order valence-electron chi connectivity index (χ3n) is 2.98. The molecule has 1 rings (SSSR count). The average Bonchev–Trinajstić information content (AvgIpc) is 2.44. The van der Waals surface area contributed by atoms with E-state index in [0.29, 0.717) is 17.9 Å². The maximum absolute atomic E-state index is 8.94. The third kappa shape index (κ3) is 4.15. The van der Waals surface area contributed by atoms with Crippen LogP contribution in [0.15, 0.2) is 18.2 Å². The van der Waals surface area contributed by atoms with Gasteiger partial charge in [-0.1, -0.05) is 19.9 Å². The number of hydrogen-bond donors (Lipinski definition) is 1. The van der Waals surface area contributed by atoms with Crippen LogP contribution in [0.4, 0.5) is 0 Å². The molecular weight excluding hydrogens is 240 g/mol. The average molecular weight is 262 g/mol. The Labute approximate surface area is 115 Å². The van der Waals surface area contributed by atoms with Crippen molar-refractivity contribution >= 4 is 0 Å². The lowest BCUT2D eigenvalue weighted by atomic mass is 10.1. The van der Waals surface area contributed by atoms with Gasteiger partial charge in [-0.05, 0) is 37.6 Å². The maximum atomic E-state index is 8.94. The first kappa shape index (κ1) is 15.3. The van der Waals surface area contributed by atoms with Crippen molar-refractivity contribution in [3.8, 4) is 17.6 Å². The molecule has 0 bridgehead atoms. The van der Waals surface area contributed by atoms with E-state index >= 15 is 0 Å². The van der Waals surface area contributed by atoms with E-state index in [1.807, 2.05) is 25.1 Å². The van der Waals surface area contributed by atoms with Gasteiger partial charge in [0.25, 0.3) is 0 Å². The fourth-order valence-corrected chi connectivity index (χ4v) is 1.83. The van der Waals surface area contributed by atoms with E-state index in [1.54, 1.807) is 7.11 Å². The molecule has 2 unspecified atom stereocenters. The summed E-state index contributed by atoms with van der Waals surface area (Å²) < 4.78 is 11.0. The van der Waals surface area contributed by atoms with Crippen molar-refractivity contribution in [3.63, 3.8) is 0 Å². The van der Waals surface area contributed by atoms with Crippen molar-refractivity contribution in [2.24, 2.45) is 0 Å². The molecule has 2 atom stereocenters. The van der Waals surface area contributed by atoms with Gasteiger partial charge in [0.15, 0.2) is 17.6 Å². The van der Waals surface area contributed by atoms with Crippen LogP contribution in [0.1, 0.15) is 38.8 Å². The zero-order valence-corrected chi connectivity index (χ0v) is 12.1. The van der Waals surface area contributed by atoms with Crippen LogP contribution in [-0.4, -0.2) is 19.8 Å². The lowest BCUT2D eigenvalue weighted by Crippen LogP contribution is -2.18. The van der Waals surface area contributed by atoms with Gasteiger partial charge >= 0.3 is 0 Å². The van der Waals surface area contributed by atoms with Gasteiger partial charge in [0, 0.05) is 6.04 Å². The van der Waals surface area contributed by atoms with E-state index in [4.69, 9.17) is 14.7 Å². The molecule has 0 saturated heterocycles. The van der Waals surface area contributed by atoms with Gasteiger partial charge in [-0.15, -0.1) is 0 Å². The van der Waals surface area contributed by atoms with Gasteiger partial charge in [-0.3, -0.25) is 0 Å². The molecule has 0 heterocycles. The summed E-state index contributed by atoms with van der Waals surface area (Å²) in [6.45, 7) is 7.00. The van der Waals surface area contributed by atoms with Gasteiger partial charge in [-0.25, -0.2) is 0 Å². The highest BCUT2D eigenvalue weighted by molar-refractivity contribution is 5.44. The summed E-state index contributed by atoms with van der Waals surface area (Å²) in [6.07, 6.45) is 0.209. The molecule has 19 heavy (non-hydrogen) atoms. The minimum Gasteiger partial charge on any atom is -0.493 e. The molecule has 0 spiro atoms. The van der Waals surface area contributed by atoms with E-state index in [-0.39, 0.29) is 6.04 Å². The van der Waals surface area contributed by atoms with Crippen LogP contribution >= 0.6 is 0 Å². The molecule has 0 aliphatic carbocycles. The summed E-state index contributed by atoms with van der Waals surface area (Å²) in [4.78, 5) is 0. The molecule has 0 saturated carbocycles. The molecule has 0 aliphatic rings. The number of ether oxygens (including phenoxy) is 2. The second-order valence-electron chi connectivity index (χ2n) is 4.33. The molecule has 0 aliphatic heterocycles. The molecule has 1 aromatic rings. The summed E-state index contributed by atoms with van der Waals surface area (Å²) in [5, 5.41) is 12.3. The first-order valence-electron chi connectivity index (χ1n) is 6.63. The van der Waals surface area contributed by atoms with Gasteiger partial charge in [0.1, 0.15) is 6.07 Å². The van der Waals surface area contributed by atoms with E-state index < -0.39 is 6.10 Å². The fraction of sp³-hybridized carbons (Fsp3) is 0.533. The lowest BCUT2D eigenvalue weighted by Gasteiger charge is -2.17. The number of methoxy groups -OCH3 is 1. The number of hydrogen-bond acceptors (Lipinski definition) is 4.